The molecule has 3 aliphatic carbocycles. The van der Waals surface area contributed by atoms with Crippen molar-refractivity contribution < 1.29 is 9.31 Å². The molecule has 0 spiro atoms. The summed E-state index contributed by atoms with van der Waals surface area (Å²) in [4.78, 5) is 0. The Morgan fingerprint density at radius 3 is 1.02 bits per heavy atom. The normalized spacial score (nSPS) is 16.2. The van der Waals surface area contributed by atoms with Crippen LogP contribution in [0.3, 0.4) is 0 Å². The highest BCUT2D eigenvalue weighted by Crippen LogP contribution is 2.52. The van der Waals surface area contributed by atoms with Gasteiger partial charge in [0.25, 0.3) is 0 Å². The molecule has 1 aliphatic heterocycles. The minimum absolute atomic E-state index is 0.00553. The highest BCUT2D eigenvalue weighted by atomic mass is 79.9. The first-order chi connectivity index (χ1) is 39.2. The lowest BCUT2D eigenvalue weighted by Crippen LogP contribution is -2.41. The van der Waals surface area contributed by atoms with Crippen LogP contribution in [0.4, 0.5) is 11.4 Å². The van der Waals surface area contributed by atoms with Crippen LogP contribution >= 0.6 is 31.9 Å². The van der Waals surface area contributed by atoms with Crippen molar-refractivity contribution in [3.63, 3.8) is 0 Å². The van der Waals surface area contributed by atoms with Gasteiger partial charge in [0.1, 0.15) is 0 Å². The summed E-state index contributed by atoms with van der Waals surface area (Å²) < 4.78 is 14.7. The Balaban J connectivity index is 0.000000142. The van der Waals surface area contributed by atoms with Gasteiger partial charge in [-0.05, 0) is 200 Å². The van der Waals surface area contributed by atoms with Crippen molar-refractivity contribution in [2.75, 3.05) is 5.32 Å². The fourth-order valence-corrected chi connectivity index (χ4v) is 13.2. The van der Waals surface area contributed by atoms with E-state index in [1.54, 1.807) is 0 Å². The standard InChI is InChI=1S/C42H35N.C21H25BO2.C13H10Br2/c1-41(2)37-11-7-5-9-33(37)35-23-17-29(25-39(35)41)27-13-19-31(20-14-27)43-32-21-15-28(16-22-32)30-18-24-36-34-10-6-8-12-38(34)42(3,4)40(36)26-30;1-19(2)17-10-8-7-9-15(17)16-12-11-14(13-18(16)19)22-23-20(3,4)21(5,6)24-22;14-12-5-1-10(2-6-12)9-11-3-7-13(15)8-4-11/h5-26,43H,1-4H3;7-13H,1-6H3;1-8H,9H2. The summed E-state index contributed by atoms with van der Waals surface area (Å²) >= 11 is 6.87. The molecule has 1 heterocycles. The third kappa shape index (κ3) is 10.2. The molecular weight excluding hydrogens is 1130 g/mol. The monoisotopic (exact) mass is 1200 g/mol. The fourth-order valence-electron chi connectivity index (χ4n) is 12.7. The summed E-state index contributed by atoms with van der Waals surface area (Å²) in [6, 6.07) is 81.4. The summed E-state index contributed by atoms with van der Waals surface area (Å²) in [6.07, 6.45) is 0.987. The smallest absolute Gasteiger partial charge is 0.399 e. The van der Waals surface area contributed by atoms with Crippen LogP contribution in [0.2, 0.25) is 0 Å². The van der Waals surface area contributed by atoms with Crippen molar-refractivity contribution in [3.8, 4) is 55.6 Å². The van der Waals surface area contributed by atoms with Crippen LogP contribution in [0.15, 0.2) is 233 Å². The molecule has 0 atom stereocenters. The molecule has 0 unspecified atom stereocenters. The van der Waals surface area contributed by atoms with E-state index in [0.717, 1.165) is 32.2 Å². The van der Waals surface area contributed by atoms with E-state index < -0.39 is 0 Å². The number of halogens is 2. The van der Waals surface area contributed by atoms with Crippen molar-refractivity contribution in [1.29, 1.82) is 0 Å². The summed E-state index contributed by atoms with van der Waals surface area (Å²) in [5.74, 6) is 0. The molecule has 10 aromatic carbocycles. The zero-order valence-electron chi connectivity index (χ0n) is 48.7. The maximum Gasteiger partial charge on any atom is 0.494 e. The Labute approximate surface area is 503 Å². The molecule has 4 aliphatic rings. The predicted octanol–water partition coefficient (Wildman–Crippen LogP) is 20.5. The van der Waals surface area contributed by atoms with Crippen LogP contribution in [0.1, 0.15) is 114 Å². The Morgan fingerprint density at radius 1 is 0.329 bits per heavy atom. The molecule has 6 heteroatoms. The van der Waals surface area contributed by atoms with Crippen molar-refractivity contribution in [3.05, 3.63) is 278 Å². The van der Waals surface area contributed by atoms with Crippen LogP contribution in [-0.2, 0) is 32.0 Å². The van der Waals surface area contributed by atoms with Crippen molar-refractivity contribution >= 4 is 55.8 Å². The molecule has 1 fully saturated rings. The molecule has 1 saturated heterocycles. The minimum atomic E-state index is -0.310. The maximum absolute atomic E-state index is 6.23. The Morgan fingerprint density at radius 2 is 0.646 bits per heavy atom. The third-order valence-electron chi connectivity index (χ3n) is 18.3. The van der Waals surface area contributed by atoms with Crippen LogP contribution in [0.25, 0.3) is 55.6 Å². The van der Waals surface area contributed by atoms with E-state index in [9.17, 15) is 0 Å². The van der Waals surface area contributed by atoms with Gasteiger partial charge in [-0.15, -0.1) is 0 Å². The van der Waals surface area contributed by atoms with Crippen molar-refractivity contribution in [2.24, 2.45) is 0 Å². The summed E-state index contributed by atoms with van der Waals surface area (Å²) in [5.41, 5.74) is 26.9. The number of hydrogen-bond donors (Lipinski definition) is 1. The fraction of sp³-hybridized carbons (Fsp3) is 0.211. The lowest BCUT2D eigenvalue weighted by Gasteiger charge is -2.32. The second kappa shape index (κ2) is 21.3. The van der Waals surface area contributed by atoms with Crippen LogP contribution in [-0.4, -0.2) is 18.3 Å². The number of anilines is 2. The van der Waals surface area contributed by atoms with Crippen LogP contribution in [0.5, 0.6) is 0 Å². The van der Waals surface area contributed by atoms with Gasteiger partial charge in [-0.1, -0.05) is 237 Å². The van der Waals surface area contributed by atoms with Gasteiger partial charge >= 0.3 is 7.12 Å². The van der Waals surface area contributed by atoms with Gasteiger partial charge in [0.2, 0.25) is 0 Å². The van der Waals surface area contributed by atoms with E-state index in [2.05, 4.69) is 331 Å². The van der Waals surface area contributed by atoms with E-state index >= 15 is 0 Å². The summed E-state index contributed by atoms with van der Waals surface area (Å²) in [7, 11) is -0.306. The number of hydrogen-bond acceptors (Lipinski definition) is 3. The molecule has 14 rings (SSSR count). The molecule has 0 aromatic heterocycles. The average Bonchev–Trinajstić information content (AvgIpc) is 2.65. The zero-order chi connectivity index (χ0) is 57.3. The predicted molar refractivity (Wildman–Crippen MR) is 353 cm³/mol. The Hall–Kier alpha value is -7.06. The van der Waals surface area contributed by atoms with Gasteiger partial charge in [0.05, 0.1) is 11.2 Å². The Kier molecular flexibility index (Phi) is 14.4. The molecule has 0 saturated carbocycles. The number of nitrogens with one attached hydrogen (secondary N) is 1. The first-order valence-corrected chi connectivity index (χ1v) is 30.3. The molecule has 1 N–H and O–H groups in total. The van der Waals surface area contributed by atoms with E-state index in [-0.39, 0.29) is 34.6 Å². The SMILES string of the molecule is Brc1ccc(Cc2ccc(Br)cc2)cc1.CC1(C)c2ccccc2-c2ccc(-c3ccc(Nc4ccc(-c5ccc6c(c5)C(C)(C)c5ccccc5-6)cc4)cc3)cc21.CC1(C)c2ccccc2-c2ccc(B3OC(C)(C)C(C)(C)O3)cc21. The molecule has 0 amide bonds. The molecular formula is C76H70BBr2NO2. The molecule has 0 radical (unpaired) electrons. The number of fused-ring (bicyclic) bond motifs is 9. The van der Waals surface area contributed by atoms with E-state index in [1.165, 1.54) is 100 Å². The quantitative estimate of drug-likeness (QED) is 0.161. The summed E-state index contributed by atoms with van der Waals surface area (Å²) in [5, 5.41) is 3.59. The molecule has 0 bridgehead atoms. The second-order valence-electron chi connectivity index (χ2n) is 25.1. The van der Waals surface area contributed by atoms with Gasteiger partial charge in [0, 0.05) is 36.6 Å². The van der Waals surface area contributed by atoms with Crippen LogP contribution in [0, 0.1) is 0 Å². The third-order valence-corrected chi connectivity index (χ3v) is 19.3. The first kappa shape index (κ1) is 55.5. The van der Waals surface area contributed by atoms with Crippen LogP contribution < -0.4 is 10.8 Å². The molecule has 408 valence electrons. The molecule has 10 aromatic rings. The second-order valence-corrected chi connectivity index (χ2v) is 27.0. The van der Waals surface area contributed by atoms with Gasteiger partial charge in [0.15, 0.2) is 0 Å². The van der Waals surface area contributed by atoms with E-state index in [4.69, 9.17) is 9.31 Å². The Bertz CT molecular complexity index is 3820. The van der Waals surface area contributed by atoms with E-state index in [0.29, 0.717) is 0 Å². The van der Waals surface area contributed by atoms with Gasteiger partial charge in [-0.25, -0.2) is 0 Å². The largest absolute Gasteiger partial charge is 0.494 e. The van der Waals surface area contributed by atoms with E-state index in [1.807, 2.05) is 0 Å². The first-order valence-electron chi connectivity index (χ1n) is 28.7. The van der Waals surface area contributed by atoms with Crippen molar-refractivity contribution in [2.45, 2.75) is 103 Å². The molecule has 82 heavy (non-hydrogen) atoms. The van der Waals surface area contributed by atoms with Crippen molar-refractivity contribution in [1.82, 2.24) is 0 Å². The highest BCUT2D eigenvalue weighted by Gasteiger charge is 2.52. The summed E-state index contributed by atoms with van der Waals surface area (Å²) in [6.45, 7) is 22.3. The highest BCUT2D eigenvalue weighted by molar-refractivity contribution is 9.10. The maximum atomic E-state index is 6.23. The topological polar surface area (TPSA) is 30.5 Å². The van der Waals surface area contributed by atoms with Gasteiger partial charge in [-0.2, -0.15) is 0 Å². The molecule has 3 nitrogen and oxygen atoms in total. The lowest BCUT2D eigenvalue weighted by atomic mass is 9.74. The lowest BCUT2D eigenvalue weighted by molar-refractivity contribution is 0.00578. The number of rotatable bonds is 7. The minimum Gasteiger partial charge on any atom is -0.399 e. The number of benzene rings is 10. The van der Waals surface area contributed by atoms with Gasteiger partial charge in [-0.3, -0.25) is 0 Å². The zero-order valence-corrected chi connectivity index (χ0v) is 51.9. The van der Waals surface area contributed by atoms with Gasteiger partial charge < -0.3 is 14.6 Å². The average molecular weight is 1200 g/mol.